The molecule has 0 radical (unpaired) electrons. The van der Waals surface area contributed by atoms with Gasteiger partial charge in [-0.25, -0.2) is 0 Å². The maximum Gasteiger partial charge on any atom is 0.140 e. The molecule has 0 saturated carbocycles. The molecule has 0 heterocycles. The van der Waals surface area contributed by atoms with Gasteiger partial charge in [-0.2, -0.15) is 0 Å². The van der Waals surface area contributed by atoms with Crippen molar-refractivity contribution >= 4 is 39.1 Å². The Labute approximate surface area is 143 Å². The third-order valence-electron chi connectivity index (χ3n) is 3.24. The van der Waals surface area contributed by atoms with Crippen molar-refractivity contribution in [1.82, 2.24) is 0 Å². The molecule has 0 fully saturated rings. The van der Waals surface area contributed by atoms with Gasteiger partial charge in [0.2, 0.25) is 0 Å². The lowest BCUT2D eigenvalue weighted by Gasteiger charge is -2.26. The molecule has 2 rings (SSSR count). The summed E-state index contributed by atoms with van der Waals surface area (Å²) >= 11 is 15.8. The molecule has 112 valence electrons. The van der Waals surface area contributed by atoms with E-state index in [0.29, 0.717) is 15.8 Å². The SMILES string of the molecule is CCC(N)C(Oc1cccc(Cl)c1Cl)c1ccccc1Br. The minimum atomic E-state index is -0.304. The Morgan fingerprint density at radius 3 is 2.52 bits per heavy atom. The quantitative estimate of drug-likeness (QED) is 0.721. The number of benzene rings is 2. The van der Waals surface area contributed by atoms with Crippen LogP contribution in [0.3, 0.4) is 0 Å². The molecule has 0 aromatic heterocycles. The molecule has 0 saturated heterocycles. The molecular weight excluding hydrogens is 373 g/mol. The number of halogens is 3. The highest BCUT2D eigenvalue weighted by molar-refractivity contribution is 9.10. The van der Waals surface area contributed by atoms with Gasteiger partial charge in [-0.05, 0) is 24.6 Å². The van der Waals surface area contributed by atoms with E-state index in [-0.39, 0.29) is 12.1 Å². The Hall–Kier alpha value is -0.740. The van der Waals surface area contributed by atoms with Crippen LogP contribution in [-0.4, -0.2) is 6.04 Å². The predicted octanol–water partition coefficient (Wildman–Crippen LogP) is 5.61. The summed E-state index contributed by atoms with van der Waals surface area (Å²) < 4.78 is 7.03. The van der Waals surface area contributed by atoms with Crippen molar-refractivity contribution in [3.05, 3.63) is 62.5 Å². The molecule has 2 nitrogen and oxygen atoms in total. The Bertz CT molecular complexity index is 621. The first-order chi connectivity index (χ1) is 10.0. The van der Waals surface area contributed by atoms with Gasteiger partial charge in [0.1, 0.15) is 16.9 Å². The molecule has 0 aliphatic carbocycles. The minimum Gasteiger partial charge on any atom is -0.482 e. The van der Waals surface area contributed by atoms with Crippen molar-refractivity contribution in [3.8, 4) is 5.75 Å². The van der Waals surface area contributed by atoms with Crippen LogP contribution in [0.5, 0.6) is 5.75 Å². The molecule has 0 aliphatic heterocycles. The van der Waals surface area contributed by atoms with E-state index in [1.165, 1.54) is 0 Å². The zero-order valence-electron chi connectivity index (χ0n) is 11.5. The van der Waals surface area contributed by atoms with Gasteiger partial charge in [0.15, 0.2) is 0 Å². The molecule has 2 aromatic rings. The summed E-state index contributed by atoms with van der Waals surface area (Å²) in [5.41, 5.74) is 7.22. The molecule has 5 heteroatoms. The molecule has 2 aromatic carbocycles. The normalized spacial score (nSPS) is 13.8. The second-order valence-electron chi connectivity index (χ2n) is 4.68. The third kappa shape index (κ3) is 3.92. The lowest BCUT2D eigenvalue weighted by molar-refractivity contribution is 0.170. The monoisotopic (exact) mass is 387 g/mol. The molecule has 21 heavy (non-hydrogen) atoms. The van der Waals surface area contributed by atoms with Crippen LogP contribution in [0.25, 0.3) is 0 Å². The van der Waals surface area contributed by atoms with Crippen LogP contribution in [0.15, 0.2) is 46.9 Å². The van der Waals surface area contributed by atoms with Gasteiger partial charge in [0, 0.05) is 16.1 Å². The van der Waals surface area contributed by atoms with E-state index in [4.69, 9.17) is 33.7 Å². The van der Waals surface area contributed by atoms with Crippen LogP contribution in [0.4, 0.5) is 0 Å². The number of hydrogen-bond acceptors (Lipinski definition) is 2. The van der Waals surface area contributed by atoms with Crippen molar-refractivity contribution in [1.29, 1.82) is 0 Å². The maximum absolute atomic E-state index is 6.23. The summed E-state index contributed by atoms with van der Waals surface area (Å²) in [5.74, 6) is 0.536. The van der Waals surface area contributed by atoms with Crippen molar-refractivity contribution in [2.24, 2.45) is 5.73 Å². The third-order valence-corrected chi connectivity index (χ3v) is 4.77. The van der Waals surface area contributed by atoms with Crippen LogP contribution in [0.1, 0.15) is 25.0 Å². The fraction of sp³-hybridized carbons (Fsp3) is 0.250. The summed E-state index contributed by atoms with van der Waals surface area (Å²) in [6, 6.07) is 13.0. The molecule has 2 atom stereocenters. The molecule has 0 amide bonds. The highest BCUT2D eigenvalue weighted by atomic mass is 79.9. The molecule has 0 spiro atoms. The van der Waals surface area contributed by atoms with Gasteiger partial charge in [-0.3, -0.25) is 0 Å². The molecule has 0 bridgehead atoms. The standard InChI is InChI=1S/C16H16BrCl2NO/c1-2-13(20)16(10-6-3-4-7-11(10)17)21-14-9-5-8-12(18)15(14)19/h3-9,13,16H,2,20H2,1H3. The molecule has 2 unspecified atom stereocenters. The summed E-state index contributed by atoms with van der Waals surface area (Å²) in [5, 5.41) is 0.865. The van der Waals surface area contributed by atoms with Gasteiger partial charge >= 0.3 is 0 Å². The number of ether oxygens (including phenoxy) is 1. The number of hydrogen-bond donors (Lipinski definition) is 1. The van der Waals surface area contributed by atoms with E-state index in [2.05, 4.69) is 15.9 Å². The Kier molecular flexibility index (Phi) is 5.94. The van der Waals surface area contributed by atoms with E-state index in [1.807, 2.05) is 31.2 Å². The smallest absolute Gasteiger partial charge is 0.140 e. The lowest BCUT2D eigenvalue weighted by Crippen LogP contribution is -2.31. The van der Waals surface area contributed by atoms with Gasteiger partial charge in [-0.1, -0.05) is 70.3 Å². The minimum absolute atomic E-state index is 0.154. The van der Waals surface area contributed by atoms with Crippen molar-refractivity contribution in [2.45, 2.75) is 25.5 Å². The van der Waals surface area contributed by atoms with Gasteiger partial charge in [-0.15, -0.1) is 0 Å². The molecule has 0 aliphatic rings. The van der Waals surface area contributed by atoms with Crippen LogP contribution >= 0.6 is 39.1 Å². The van der Waals surface area contributed by atoms with Crippen molar-refractivity contribution < 1.29 is 4.74 Å². The van der Waals surface area contributed by atoms with E-state index < -0.39 is 0 Å². The largest absolute Gasteiger partial charge is 0.482 e. The Morgan fingerprint density at radius 1 is 1.14 bits per heavy atom. The first-order valence-electron chi connectivity index (χ1n) is 6.65. The van der Waals surface area contributed by atoms with Crippen LogP contribution < -0.4 is 10.5 Å². The second kappa shape index (κ2) is 7.50. The topological polar surface area (TPSA) is 35.2 Å². The fourth-order valence-electron chi connectivity index (χ4n) is 2.01. The summed E-state index contributed by atoms with van der Waals surface area (Å²) in [7, 11) is 0. The summed E-state index contributed by atoms with van der Waals surface area (Å²) in [6.07, 6.45) is 0.478. The van der Waals surface area contributed by atoms with Crippen LogP contribution in [0.2, 0.25) is 10.0 Å². The zero-order valence-corrected chi connectivity index (χ0v) is 14.6. The highest BCUT2D eigenvalue weighted by Crippen LogP contribution is 2.36. The van der Waals surface area contributed by atoms with E-state index in [0.717, 1.165) is 16.5 Å². The van der Waals surface area contributed by atoms with Gasteiger partial charge < -0.3 is 10.5 Å². The first kappa shape index (κ1) is 16.6. The van der Waals surface area contributed by atoms with Crippen LogP contribution in [-0.2, 0) is 0 Å². The average molecular weight is 389 g/mol. The zero-order chi connectivity index (χ0) is 15.4. The van der Waals surface area contributed by atoms with Crippen molar-refractivity contribution in [2.75, 3.05) is 0 Å². The number of rotatable bonds is 5. The van der Waals surface area contributed by atoms with Crippen LogP contribution in [0, 0.1) is 0 Å². The second-order valence-corrected chi connectivity index (χ2v) is 6.32. The van der Waals surface area contributed by atoms with Gasteiger partial charge in [0.05, 0.1) is 5.02 Å². The van der Waals surface area contributed by atoms with Crippen molar-refractivity contribution in [3.63, 3.8) is 0 Å². The van der Waals surface area contributed by atoms with E-state index >= 15 is 0 Å². The first-order valence-corrected chi connectivity index (χ1v) is 8.20. The maximum atomic E-state index is 6.23. The summed E-state index contributed by atoms with van der Waals surface area (Å²) in [6.45, 7) is 2.03. The Morgan fingerprint density at radius 2 is 1.86 bits per heavy atom. The average Bonchev–Trinajstić information content (AvgIpc) is 2.49. The summed E-state index contributed by atoms with van der Waals surface area (Å²) in [4.78, 5) is 0. The fourth-order valence-corrected chi connectivity index (χ4v) is 2.86. The molecule has 2 N–H and O–H groups in total. The van der Waals surface area contributed by atoms with Gasteiger partial charge in [0.25, 0.3) is 0 Å². The van der Waals surface area contributed by atoms with E-state index in [1.54, 1.807) is 18.2 Å². The Balaban J connectivity index is 2.38. The highest BCUT2D eigenvalue weighted by Gasteiger charge is 2.23. The molecular formula is C16H16BrCl2NO. The number of nitrogens with two attached hydrogens (primary N) is 1. The van der Waals surface area contributed by atoms with E-state index in [9.17, 15) is 0 Å². The predicted molar refractivity (Wildman–Crippen MR) is 92.2 cm³/mol. The lowest BCUT2D eigenvalue weighted by atomic mass is 10.0.